The minimum absolute atomic E-state index is 0.532. The minimum Gasteiger partial charge on any atom is -0.313 e. The molecule has 82 valence electrons. The molecule has 1 N–H and O–H groups in total. The molecule has 0 bridgehead atoms. The van der Waals surface area contributed by atoms with Gasteiger partial charge in [0.1, 0.15) is 0 Å². The SMILES string of the molecule is CNC1CC(C(C)C)c2ccc(Br)cc21. The zero-order valence-electron chi connectivity index (χ0n) is 9.55. The highest BCUT2D eigenvalue weighted by Gasteiger charge is 2.31. The van der Waals surface area contributed by atoms with E-state index in [2.05, 4.69) is 60.3 Å². The summed E-state index contributed by atoms with van der Waals surface area (Å²) in [7, 11) is 2.05. The van der Waals surface area contributed by atoms with E-state index in [1.54, 1.807) is 0 Å². The Labute approximate surface area is 100 Å². The van der Waals surface area contributed by atoms with Crippen molar-refractivity contribution in [3.63, 3.8) is 0 Å². The van der Waals surface area contributed by atoms with Crippen LogP contribution in [-0.4, -0.2) is 7.05 Å². The molecular formula is C13H18BrN. The molecule has 1 aliphatic carbocycles. The summed E-state index contributed by atoms with van der Waals surface area (Å²) in [5, 5.41) is 3.41. The summed E-state index contributed by atoms with van der Waals surface area (Å²) >= 11 is 3.55. The quantitative estimate of drug-likeness (QED) is 0.859. The average Bonchev–Trinajstić information content (AvgIpc) is 2.55. The van der Waals surface area contributed by atoms with Crippen molar-refractivity contribution in [3.8, 4) is 0 Å². The van der Waals surface area contributed by atoms with Gasteiger partial charge in [0.15, 0.2) is 0 Å². The molecule has 1 aromatic carbocycles. The van der Waals surface area contributed by atoms with Crippen LogP contribution < -0.4 is 5.32 Å². The van der Waals surface area contributed by atoms with E-state index in [1.165, 1.54) is 22.0 Å². The number of rotatable bonds is 2. The minimum atomic E-state index is 0.532. The van der Waals surface area contributed by atoms with Crippen LogP contribution in [0.15, 0.2) is 22.7 Å². The molecule has 0 aliphatic heterocycles. The van der Waals surface area contributed by atoms with Gasteiger partial charge in [-0.2, -0.15) is 0 Å². The summed E-state index contributed by atoms with van der Waals surface area (Å²) in [6.07, 6.45) is 1.24. The van der Waals surface area contributed by atoms with Gasteiger partial charge in [0, 0.05) is 10.5 Å². The Balaban J connectivity index is 2.43. The van der Waals surface area contributed by atoms with Crippen LogP contribution in [0.3, 0.4) is 0 Å². The van der Waals surface area contributed by atoms with E-state index in [0.29, 0.717) is 12.0 Å². The van der Waals surface area contributed by atoms with Gasteiger partial charge in [-0.25, -0.2) is 0 Å². The van der Waals surface area contributed by atoms with Crippen LogP contribution in [0.4, 0.5) is 0 Å². The number of halogens is 1. The van der Waals surface area contributed by atoms with Crippen LogP contribution >= 0.6 is 15.9 Å². The molecule has 0 radical (unpaired) electrons. The number of nitrogens with one attached hydrogen (secondary N) is 1. The lowest BCUT2D eigenvalue weighted by molar-refractivity contribution is 0.445. The fraction of sp³-hybridized carbons (Fsp3) is 0.538. The molecule has 15 heavy (non-hydrogen) atoms. The second-order valence-corrected chi connectivity index (χ2v) is 5.62. The molecule has 0 saturated carbocycles. The van der Waals surface area contributed by atoms with E-state index >= 15 is 0 Å². The van der Waals surface area contributed by atoms with Crippen LogP contribution in [0.25, 0.3) is 0 Å². The molecule has 0 aromatic heterocycles. The van der Waals surface area contributed by atoms with Gasteiger partial charge in [0.05, 0.1) is 0 Å². The summed E-state index contributed by atoms with van der Waals surface area (Å²) in [6.45, 7) is 4.63. The topological polar surface area (TPSA) is 12.0 Å². The van der Waals surface area contributed by atoms with Crippen molar-refractivity contribution in [1.82, 2.24) is 5.32 Å². The van der Waals surface area contributed by atoms with Gasteiger partial charge in [-0.1, -0.05) is 35.8 Å². The Bertz CT molecular complexity index is 360. The fourth-order valence-corrected chi connectivity index (χ4v) is 2.98. The normalized spacial score (nSPS) is 24.6. The van der Waals surface area contributed by atoms with Gasteiger partial charge in [-0.05, 0) is 48.6 Å². The molecule has 0 saturated heterocycles. The van der Waals surface area contributed by atoms with Gasteiger partial charge in [-0.3, -0.25) is 0 Å². The lowest BCUT2D eigenvalue weighted by atomic mass is 9.90. The van der Waals surface area contributed by atoms with Crippen LogP contribution in [0.1, 0.15) is 43.4 Å². The zero-order chi connectivity index (χ0) is 11.0. The molecule has 0 amide bonds. The summed E-state index contributed by atoms with van der Waals surface area (Å²) in [4.78, 5) is 0. The van der Waals surface area contributed by atoms with E-state index in [-0.39, 0.29) is 0 Å². The van der Waals surface area contributed by atoms with E-state index in [1.807, 2.05) is 0 Å². The summed E-state index contributed by atoms with van der Waals surface area (Å²) in [5.74, 6) is 1.44. The van der Waals surface area contributed by atoms with Crippen LogP contribution in [-0.2, 0) is 0 Å². The molecule has 1 nitrogen and oxygen atoms in total. The van der Waals surface area contributed by atoms with Gasteiger partial charge in [0.25, 0.3) is 0 Å². The van der Waals surface area contributed by atoms with Crippen LogP contribution in [0.2, 0.25) is 0 Å². The second kappa shape index (κ2) is 4.26. The number of fused-ring (bicyclic) bond motifs is 1. The Kier molecular flexibility index (Phi) is 3.17. The monoisotopic (exact) mass is 267 g/mol. The smallest absolute Gasteiger partial charge is 0.0326 e. The lowest BCUT2D eigenvalue weighted by Crippen LogP contribution is -2.13. The van der Waals surface area contributed by atoms with Crippen molar-refractivity contribution in [2.45, 2.75) is 32.2 Å². The summed E-state index contributed by atoms with van der Waals surface area (Å²) in [6, 6.07) is 7.23. The third-order valence-corrected chi connectivity index (χ3v) is 3.96. The maximum atomic E-state index is 3.55. The number of hydrogen-bond acceptors (Lipinski definition) is 1. The van der Waals surface area contributed by atoms with Crippen molar-refractivity contribution >= 4 is 15.9 Å². The van der Waals surface area contributed by atoms with Gasteiger partial charge >= 0.3 is 0 Å². The van der Waals surface area contributed by atoms with E-state index < -0.39 is 0 Å². The highest BCUT2D eigenvalue weighted by molar-refractivity contribution is 9.10. The Morgan fingerprint density at radius 2 is 2.07 bits per heavy atom. The van der Waals surface area contributed by atoms with E-state index in [0.717, 1.165) is 5.92 Å². The van der Waals surface area contributed by atoms with Gasteiger partial charge in [-0.15, -0.1) is 0 Å². The first-order valence-corrected chi connectivity index (χ1v) is 6.39. The summed E-state index contributed by atoms with van der Waals surface area (Å²) < 4.78 is 1.19. The second-order valence-electron chi connectivity index (χ2n) is 4.70. The van der Waals surface area contributed by atoms with Crippen LogP contribution in [0.5, 0.6) is 0 Å². The van der Waals surface area contributed by atoms with Crippen molar-refractivity contribution in [3.05, 3.63) is 33.8 Å². The highest BCUT2D eigenvalue weighted by atomic mass is 79.9. The molecule has 2 heteroatoms. The predicted molar refractivity (Wildman–Crippen MR) is 68.1 cm³/mol. The average molecular weight is 268 g/mol. The fourth-order valence-electron chi connectivity index (χ4n) is 2.60. The third kappa shape index (κ3) is 1.98. The standard InChI is InChI=1S/C13H18BrN/c1-8(2)11-7-13(15-3)12-6-9(14)4-5-10(11)12/h4-6,8,11,13,15H,7H2,1-3H3. The van der Waals surface area contributed by atoms with Gasteiger partial charge < -0.3 is 5.32 Å². The molecule has 1 aromatic rings. The first-order valence-electron chi connectivity index (χ1n) is 5.60. The molecule has 2 atom stereocenters. The van der Waals surface area contributed by atoms with Gasteiger partial charge in [0.2, 0.25) is 0 Å². The molecule has 2 rings (SSSR count). The largest absolute Gasteiger partial charge is 0.313 e. The number of hydrogen-bond donors (Lipinski definition) is 1. The maximum absolute atomic E-state index is 3.55. The Morgan fingerprint density at radius 1 is 1.33 bits per heavy atom. The lowest BCUT2D eigenvalue weighted by Gasteiger charge is -2.15. The zero-order valence-corrected chi connectivity index (χ0v) is 11.1. The maximum Gasteiger partial charge on any atom is 0.0326 e. The van der Waals surface area contributed by atoms with Crippen molar-refractivity contribution in [2.24, 2.45) is 5.92 Å². The van der Waals surface area contributed by atoms with Crippen molar-refractivity contribution < 1.29 is 0 Å². The highest BCUT2D eigenvalue weighted by Crippen LogP contribution is 2.44. The van der Waals surface area contributed by atoms with E-state index in [4.69, 9.17) is 0 Å². The molecule has 0 heterocycles. The molecule has 2 unspecified atom stereocenters. The number of benzene rings is 1. The predicted octanol–water partition coefficient (Wildman–Crippen LogP) is 3.85. The Morgan fingerprint density at radius 3 is 2.67 bits per heavy atom. The third-order valence-electron chi connectivity index (χ3n) is 3.47. The van der Waals surface area contributed by atoms with Crippen molar-refractivity contribution in [1.29, 1.82) is 0 Å². The Hall–Kier alpha value is -0.340. The summed E-state index contributed by atoms with van der Waals surface area (Å²) in [5.41, 5.74) is 3.01. The van der Waals surface area contributed by atoms with E-state index in [9.17, 15) is 0 Å². The first kappa shape index (κ1) is 11.2. The molecule has 1 aliphatic rings. The molecular weight excluding hydrogens is 250 g/mol. The molecule has 0 fully saturated rings. The first-order chi connectivity index (χ1) is 7.13. The van der Waals surface area contributed by atoms with Crippen LogP contribution in [0, 0.1) is 5.92 Å². The molecule has 0 spiro atoms. The van der Waals surface area contributed by atoms with Crippen molar-refractivity contribution in [2.75, 3.05) is 7.05 Å².